The summed E-state index contributed by atoms with van der Waals surface area (Å²) in [4.78, 5) is 41.3. The van der Waals surface area contributed by atoms with E-state index in [1.807, 2.05) is 13.0 Å². The first-order chi connectivity index (χ1) is 14.5. The molecule has 2 aromatic rings. The summed E-state index contributed by atoms with van der Waals surface area (Å²) in [6, 6.07) is 14.2. The number of likely N-dealkylation sites (N-methyl/N-ethyl adjacent to an activating group) is 1. The van der Waals surface area contributed by atoms with Crippen LogP contribution in [0.3, 0.4) is 0 Å². The van der Waals surface area contributed by atoms with Gasteiger partial charge in [-0.1, -0.05) is 30.3 Å². The van der Waals surface area contributed by atoms with Gasteiger partial charge in [-0.15, -0.1) is 0 Å². The monoisotopic (exact) mass is 411 g/mol. The summed E-state index contributed by atoms with van der Waals surface area (Å²) >= 11 is 0. The van der Waals surface area contributed by atoms with Gasteiger partial charge in [-0.3, -0.25) is 14.4 Å². The molecule has 7 heteroatoms. The molecule has 2 aromatic carbocycles. The molecule has 0 spiro atoms. The molecule has 1 atom stereocenters. The summed E-state index contributed by atoms with van der Waals surface area (Å²) in [7, 11) is 0. The number of amides is 3. The van der Waals surface area contributed by atoms with Crippen LogP contribution < -0.4 is 5.32 Å². The quantitative estimate of drug-likeness (QED) is 0.762. The molecule has 0 saturated carbocycles. The number of likely N-dealkylation sites (tertiary alicyclic amines) is 1. The van der Waals surface area contributed by atoms with Crippen LogP contribution >= 0.6 is 0 Å². The van der Waals surface area contributed by atoms with Crippen molar-refractivity contribution in [2.75, 3.05) is 19.6 Å². The number of halogens is 1. The largest absolute Gasteiger partial charge is 0.350 e. The van der Waals surface area contributed by atoms with Crippen LogP contribution in [0.4, 0.5) is 4.39 Å². The molecule has 1 saturated heterocycles. The van der Waals surface area contributed by atoms with Crippen LogP contribution in [0.5, 0.6) is 0 Å². The van der Waals surface area contributed by atoms with Crippen LogP contribution in [-0.4, -0.2) is 53.2 Å². The predicted molar refractivity (Wildman–Crippen MR) is 111 cm³/mol. The zero-order chi connectivity index (χ0) is 21.5. The van der Waals surface area contributed by atoms with Crippen molar-refractivity contribution in [3.63, 3.8) is 0 Å². The lowest BCUT2D eigenvalue weighted by Crippen LogP contribution is -2.50. The maximum absolute atomic E-state index is 13.1. The van der Waals surface area contributed by atoms with E-state index in [4.69, 9.17) is 0 Å². The summed E-state index contributed by atoms with van der Waals surface area (Å²) in [5.74, 6) is -1.01. The number of hydrogen-bond donors (Lipinski definition) is 1. The average Bonchev–Trinajstić information content (AvgIpc) is 3.26. The molecule has 30 heavy (non-hydrogen) atoms. The Kier molecular flexibility index (Phi) is 7.17. The molecule has 3 rings (SSSR count). The van der Waals surface area contributed by atoms with E-state index in [0.29, 0.717) is 25.1 Å². The molecule has 1 heterocycles. The number of nitrogens with one attached hydrogen (secondary N) is 1. The van der Waals surface area contributed by atoms with Gasteiger partial charge in [0.2, 0.25) is 11.8 Å². The van der Waals surface area contributed by atoms with E-state index in [-0.39, 0.29) is 36.6 Å². The number of nitrogens with zero attached hydrogens (tertiary/aromatic N) is 2. The minimum Gasteiger partial charge on any atom is -0.350 e. The highest BCUT2D eigenvalue weighted by atomic mass is 19.1. The SMILES string of the molecule is CCN(CC(=O)NCc1ccc(F)cc1)C(=O)C1CCCN1C(=O)c1ccccc1. The van der Waals surface area contributed by atoms with E-state index < -0.39 is 6.04 Å². The van der Waals surface area contributed by atoms with E-state index >= 15 is 0 Å². The lowest BCUT2D eigenvalue weighted by Gasteiger charge is -2.29. The molecule has 158 valence electrons. The van der Waals surface area contributed by atoms with Gasteiger partial charge < -0.3 is 15.1 Å². The molecular weight excluding hydrogens is 385 g/mol. The van der Waals surface area contributed by atoms with E-state index in [1.54, 1.807) is 41.3 Å². The van der Waals surface area contributed by atoms with Gasteiger partial charge >= 0.3 is 0 Å². The van der Waals surface area contributed by atoms with Gasteiger partial charge in [-0.2, -0.15) is 0 Å². The van der Waals surface area contributed by atoms with Crippen molar-refractivity contribution in [2.45, 2.75) is 32.4 Å². The van der Waals surface area contributed by atoms with Gasteiger partial charge in [-0.25, -0.2) is 4.39 Å². The second-order valence-electron chi connectivity index (χ2n) is 7.28. The van der Waals surface area contributed by atoms with Crippen LogP contribution in [-0.2, 0) is 16.1 Å². The van der Waals surface area contributed by atoms with Crippen molar-refractivity contribution >= 4 is 17.7 Å². The van der Waals surface area contributed by atoms with Gasteiger partial charge in [0, 0.05) is 25.2 Å². The number of rotatable bonds is 7. The normalized spacial score (nSPS) is 15.7. The van der Waals surface area contributed by atoms with Crippen LogP contribution in [0, 0.1) is 5.82 Å². The number of benzene rings is 2. The molecule has 0 aliphatic carbocycles. The Labute approximate surface area is 175 Å². The third-order valence-corrected chi connectivity index (χ3v) is 5.25. The fourth-order valence-electron chi connectivity index (χ4n) is 3.60. The summed E-state index contributed by atoms with van der Waals surface area (Å²) in [6.45, 7) is 2.88. The Morgan fingerprint density at radius 3 is 2.47 bits per heavy atom. The van der Waals surface area contributed by atoms with Crippen LogP contribution in [0.15, 0.2) is 54.6 Å². The van der Waals surface area contributed by atoms with Gasteiger partial charge in [0.05, 0.1) is 6.54 Å². The first-order valence-electron chi connectivity index (χ1n) is 10.2. The highest BCUT2D eigenvalue weighted by Gasteiger charge is 2.36. The Balaban J connectivity index is 1.59. The Morgan fingerprint density at radius 2 is 1.80 bits per heavy atom. The summed E-state index contributed by atoms with van der Waals surface area (Å²) in [5.41, 5.74) is 1.33. The molecule has 1 aliphatic heterocycles. The van der Waals surface area contributed by atoms with Gasteiger partial charge in [0.25, 0.3) is 5.91 Å². The molecule has 1 N–H and O–H groups in total. The van der Waals surface area contributed by atoms with Crippen molar-refractivity contribution in [1.82, 2.24) is 15.1 Å². The van der Waals surface area contributed by atoms with Gasteiger partial charge in [0.1, 0.15) is 11.9 Å². The average molecular weight is 411 g/mol. The minimum atomic E-state index is -0.553. The fraction of sp³-hybridized carbons (Fsp3) is 0.348. The van der Waals surface area contributed by atoms with Crippen LogP contribution in [0.25, 0.3) is 0 Å². The molecular formula is C23H26FN3O3. The Morgan fingerprint density at radius 1 is 1.10 bits per heavy atom. The molecule has 1 aliphatic rings. The summed E-state index contributed by atoms with van der Waals surface area (Å²) in [5, 5.41) is 2.75. The van der Waals surface area contributed by atoms with E-state index in [1.165, 1.54) is 17.0 Å². The van der Waals surface area contributed by atoms with Gasteiger partial charge in [0.15, 0.2) is 0 Å². The van der Waals surface area contributed by atoms with Crippen molar-refractivity contribution in [3.8, 4) is 0 Å². The highest BCUT2D eigenvalue weighted by Crippen LogP contribution is 2.22. The molecule has 0 aromatic heterocycles. The molecule has 1 fully saturated rings. The first kappa shape index (κ1) is 21.5. The van der Waals surface area contributed by atoms with Crippen molar-refractivity contribution in [3.05, 3.63) is 71.5 Å². The fourth-order valence-corrected chi connectivity index (χ4v) is 3.60. The lowest BCUT2D eigenvalue weighted by molar-refractivity contribution is -0.139. The van der Waals surface area contributed by atoms with Crippen LogP contribution in [0.2, 0.25) is 0 Å². The Bertz CT molecular complexity index is 886. The lowest BCUT2D eigenvalue weighted by atomic mass is 10.1. The minimum absolute atomic E-state index is 0.0829. The predicted octanol–water partition coefficient (Wildman–Crippen LogP) is 2.60. The van der Waals surface area contributed by atoms with Crippen molar-refractivity contribution in [1.29, 1.82) is 0 Å². The standard InChI is InChI=1S/C23H26FN3O3/c1-2-26(16-21(28)25-15-17-10-12-19(24)13-11-17)23(30)20-9-6-14-27(20)22(29)18-7-4-3-5-8-18/h3-5,7-8,10-13,20H,2,6,9,14-16H2,1H3,(H,25,28). The van der Waals surface area contributed by atoms with Crippen molar-refractivity contribution < 1.29 is 18.8 Å². The number of hydrogen-bond acceptors (Lipinski definition) is 3. The molecule has 1 unspecified atom stereocenters. The third-order valence-electron chi connectivity index (χ3n) is 5.25. The number of carbonyl (C=O) groups is 3. The third kappa shape index (κ3) is 5.23. The molecule has 6 nitrogen and oxygen atoms in total. The summed E-state index contributed by atoms with van der Waals surface area (Å²) in [6.07, 6.45) is 1.34. The second kappa shape index (κ2) is 10.0. The zero-order valence-electron chi connectivity index (χ0n) is 17.0. The zero-order valence-corrected chi connectivity index (χ0v) is 17.0. The highest BCUT2D eigenvalue weighted by molar-refractivity contribution is 5.98. The van der Waals surface area contributed by atoms with E-state index in [2.05, 4.69) is 5.32 Å². The maximum atomic E-state index is 13.1. The molecule has 3 amide bonds. The maximum Gasteiger partial charge on any atom is 0.254 e. The topological polar surface area (TPSA) is 69.7 Å². The van der Waals surface area contributed by atoms with Crippen LogP contribution in [0.1, 0.15) is 35.7 Å². The first-order valence-corrected chi connectivity index (χ1v) is 10.2. The van der Waals surface area contributed by atoms with Gasteiger partial charge in [-0.05, 0) is 49.6 Å². The summed E-state index contributed by atoms with van der Waals surface area (Å²) < 4.78 is 13.0. The smallest absolute Gasteiger partial charge is 0.254 e. The second-order valence-corrected chi connectivity index (χ2v) is 7.28. The molecule has 0 radical (unpaired) electrons. The van der Waals surface area contributed by atoms with E-state index in [9.17, 15) is 18.8 Å². The molecule has 0 bridgehead atoms. The van der Waals surface area contributed by atoms with E-state index in [0.717, 1.165) is 12.0 Å². The number of carbonyl (C=O) groups excluding carboxylic acids is 3. The Hall–Kier alpha value is -3.22. The van der Waals surface area contributed by atoms with Crippen molar-refractivity contribution in [2.24, 2.45) is 0 Å².